The smallest absolute Gasteiger partial charge is 0.291 e. The van der Waals surface area contributed by atoms with E-state index >= 15 is 0 Å². The first-order valence-electron chi connectivity index (χ1n) is 10.0. The van der Waals surface area contributed by atoms with E-state index in [9.17, 15) is 9.18 Å². The van der Waals surface area contributed by atoms with Crippen LogP contribution in [0.25, 0.3) is 21.7 Å². The van der Waals surface area contributed by atoms with Crippen LogP contribution < -0.4 is 11.1 Å². The van der Waals surface area contributed by atoms with Gasteiger partial charge in [0.25, 0.3) is 5.91 Å². The van der Waals surface area contributed by atoms with E-state index in [0.717, 1.165) is 16.3 Å². The van der Waals surface area contributed by atoms with Crippen LogP contribution in [0.3, 0.4) is 0 Å². The molecule has 3 aromatic heterocycles. The lowest BCUT2D eigenvalue weighted by Crippen LogP contribution is -2.24. The van der Waals surface area contributed by atoms with E-state index in [-0.39, 0.29) is 17.8 Å². The third kappa shape index (κ3) is 4.31. The van der Waals surface area contributed by atoms with Gasteiger partial charge in [0.15, 0.2) is 0 Å². The van der Waals surface area contributed by atoms with Crippen molar-refractivity contribution in [3.63, 3.8) is 0 Å². The van der Waals surface area contributed by atoms with Crippen molar-refractivity contribution in [2.75, 3.05) is 5.73 Å². The highest BCUT2D eigenvalue weighted by Crippen LogP contribution is 2.23. The number of aromatic nitrogens is 5. The summed E-state index contributed by atoms with van der Waals surface area (Å²) in [5, 5.41) is 12.3. The number of anilines is 1. The topological polar surface area (TPSA) is 122 Å². The Hall–Kier alpha value is -4.11. The molecule has 2 aromatic carbocycles. The van der Waals surface area contributed by atoms with E-state index in [2.05, 4.69) is 30.5 Å². The Morgan fingerprint density at radius 2 is 1.94 bits per heavy atom. The molecular weight excluding hydrogens is 445 g/mol. The van der Waals surface area contributed by atoms with Crippen LogP contribution in [-0.2, 0) is 13.0 Å². The summed E-state index contributed by atoms with van der Waals surface area (Å²) in [5.41, 5.74) is 7.67. The normalized spacial score (nSPS) is 11.2. The molecule has 5 aromatic rings. The van der Waals surface area contributed by atoms with Gasteiger partial charge in [-0.2, -0.15) is 0 Å². The number of nitrogens with two attached hydrogens (primary N) is 1. The SMILES string of the molecule is Nc1nccc2cc(CNC(=O)c3n[nH]c(Cc4cc(F)c5ncc(Cl)cc5c4)n3)ccc12. The number of carbonyl (C=O) groups is 1. The van der Waals surface area contributed by atoms with E-state index in [0.29, 0.717) is 34.2 Å². The monoisotopic (exact) mass is 461 g/mol. The maximum atomic E-state index is 14.4. The number of nitrogens with one attached hydrogen (secondary N) is 2. The van der Waals surface area contributed by atoms with Gasteiger partial charge in [-0.25, -0.2) is 14.4 Å². The number of carbonyl (C=O) groups excluding carboxylic acids is 1. The molecule has 0 atom stereocenters. The number of halogens is 2. The Morgan fingerprint density at radius 1 is 1.09 bits per heavy atom. The van der Waals surface area contributed by atoms with Crippen LogP contribution in [0.1, 0.15) is 27.6 Å². The molecule has 0 fully saturated rings. The number of nitrogen functional groups attached to an aromatic ring is 1. The molecule has 0 bridgehead atoms. The molecule has 33 heavy (non-hydrogen) atoms. The number of pyridine rings is 2. The Morgan fingerprint density at radius 3 is 2.82 bits per heavy atom. The molecule has 4 N–H and O–H groups in total. The molecular formula is C23H17ClFN7O. The first-order valence-corrected chi connectivity index (χ1v) is 10.4. The first kappa shape index (κ1) is 20.8. The number of H-pyrrole nitrogens is 1. The van der Waals surface area contributed by atoms with Gasteiger partial charge >= 0.3 is 0 Å². The third-order valence-corrected chi connectivity index (χ3v) is 5.39. The van der Waals surface area contributed by atoms with Gasteiger partial charge in [-0.05, 0) is 46.8 Å². The van der Waals surface area contributed by atoms with Crippen molar-refractivity contribution >= 4 is 45.0 Å². The van der Waals surface area contributed by atoms with Gasteiger partial charge in [-0.15, -0.1) is 5.10 Å². The molecule has 0 aliphatic heterocycles. The summed E-state index contributed by atoms with van der Waals surface area (Å²) in [4.78, 5) is 24.8. The summed E-state index contributed by atoms with van der Waals surface area (Å²) >= 11 is 5.96. The molecule has 0 aliphatic carbocycles. The summed E-state index contributed by atoms with van der Waals surface area (Å²) in [6.07, 6.45) is 3.31. The molecule has 0 saturated carbocycles. The van der Waals surface area contributed by atoms with Crippen molar-refractivity contribution in [1.82, 2.24) is 30.5 Å². The summed E-state index contributed by atoms with van der Waals surface area (Å²) in [7, 11) is 0. The number of rotatable bonds is 5. The van der Waals surface area contributed by atoms with E-state index < -0.39 is 11.7 Å². The fourth-order valence-electron chi connectivity index (χ4n) is 3.63. The second kappa shape index (κ2) is 8.44. The lowest BCUT2D eigenvalue weighted by atomic mass is 10.1. The third-order valence-electron chi connectivity index (χ3n) is 5.18. The maximum Gasteiger partial charge on any atom is 0.291 e. The first-order chi connectivity index (χ1) is 16.0. The average Bonchev–Trinajstić information content (AvgIpc) is 3.26. The standard InChI is InChI=1S/C23H17ClFN7O/c24-16-9-15-6-13(7-18(25)20(15)28-11-16)8-19-30-22(32-31-19)23(33)29-10-12-1-2-17-14(5-12)3-4-27-21(17)26/h1-7,9,11H,8,10H2,(H2,26,27)(H,29,33)(H,30,31,32). The van der Waals surface area contributed by atoms with Gasteiger partial charge in [-0.1, -0.05) is 23.7 Å². The Labute approximate surface area is 192 Å². The number of hydrogen-bond donors (Lipinski definition) is 3. The van der Waals surface area contributed by atoms with Gasteiger partial charge in [0.2, 0.25) is 5.82 Å². The lowest BCUT2D eigenvalue weighted by Gasteiger charge is -2.06. The summed E-state index contributed by atoms with van der Waals surface area (Å²) in [6.45, 7) is 0.296. The number of aromatic amines is 1. The van der Waals surface area contributed by atoms with Crippen LogP contribution in [-0.4, -0.2) is 31.1 Å². The molecule has 164 valence electrons. The van der Waals surface area contributed by atoms with Crippen molar-refractivity contribution in [2.45, 2.75) is 13.0 Å². The Balaban J connectivity index is 1.27. The number of amides is 1. The molecule has 0 aliphatic rings. The minimum Gasteiger partial charge on any atom is -0.383 e. The van der Waals surface area contributed by atoms with Crippen molar-refractivity contribution in [3.8, 4) is 0 Å². The minimum atomic E-state index is -0.454. The number of hydrogen-bond acceptors (Lipinski definition) is 6. The van der Waals surface area contributed by atoms with Gasteiger partial charge in [-0.3, -0.25) is 14.9 Å². The lowest BCUT2D eigenvalue weighted by molar-refractivity contribution is 0.0941. The highest BCUT2D eigenvalue weighted by Gasteiger charge is 2.14. The van der Waals surface area contributed by atoms with Gasteiger partial charge in [0, 0.05) is 36.1 Å². The van der Waals surface area contributed by atoms with Crippen molar-refractivity contribution in [1.29, 1.82) is 0 Å². The molecule has 0 saturated heterocycles. The Kier molecular flexibility index (Phi) is 5.31. The molecule has 1 amide bonds. The second-order valence-corrected chi connectivity index (χ2v) is 7.96. The van der Waals surface area contributed by atoms with Crippen LogP contribution in [0.5, 0.6) is 0 Å². The molecule has 0 radical (unpaired) electrons. The van der Waals surface area contributed by atoms with Crippen molar-refractivity contribution in [2.24, 2.45) is 0 Å². The zero-order chi connectivity index (χ0) is 22.9. The van der Waals surface area contributed by atoms with Crippen LogP contribution in [0, 0.1) is 5.82 Å². The summed E-state index contributed by atoms with van der Waals surface area (Å²) in [6, 6.07) is 12.3. The molecule has 0 unspecified atom stereocenters. The highest BCUT2D eigenvalue weighted by molar-refractivity contribution is 6.31. The maximum absolute atomic E-state index is 14.4. The summed E-state index contributed by atoms with van der Waals surface area (Å²) < 4.78 is 14.4. The number of fused-ring (bicyclic) bond motifs is 2. The van der Waals surface area contributed by atoms with Gasteiger partial charge in [0.05, 0.1) is 5.02 Å². The molecule has 3 heterocycles. The van der Waals surface area contributed by atoms with E-state index in [1.807, 2.05) is 24.3 Å². The Bertz CT molecular complexity index is 1520. The number of benzene rings is 2. The van der Waals surface area contributed by atoms with Crippen LogP contribution in [0.4, 0.5) is 10.2 Å². The molecule has 8 nitrogen and oxygen atoms in total. The minimum absolute atomic E-state index is 0.00482. The molecule has 10 heteroatoms. The quantitative estimate of drug-likeness (QED) is 0.366. The van der Waals surface area contributed by atoms with Crippen LogP contribution in [0.15, 0.2) is 54.9 Å². The average molecular weight is 462 g/mol. The zero-order valence-corrected chi connectivity index (χ0v) is 17.9. The second-order valence-electron chi connectivity index (χ2n) is 7.52. The van der Waals surface area contributed by atoms with E-state index in [1.54, 1.807) is 18.3 Å². The fraction of sp³-hybridized carbons (Fsp3) is 0.0870. The van der Waals surface area contributed by atoms with E-state index in [1.165, 1.54) is 12.3 Å². The molecule has 5 rings (SSSR count). The molecule has 0 spiro atoms. The van der Waals surface area contributed by atoms with Gasteiger partial charge in [0.1, 0.15) is 23.0 Å². The predicted molar refractivity (Wildman–Crippen MR) is 123 cm³/mol. The predicted octanol–water partition coefficient (Wildman–Crippen LogP) is 3.80. The van der Waals surface area contributed by atoms with Crippen molar-refractivity contribution in [3.05, 3.63) is 88.5 Å². The van der Waals surface area contributed by atoms with Crippen molar-refractivity contribution < 1.29 is 9.18 Å². The summed E-state index contributed by atoms with van der Waals surface area (Å²) in [5.74, 6) is 0.0202. The fourth-order valence-corrected chi connectivity index (χ4v) is 3.80. The highest BCUT2D eigenvalue weighted by atomic mass is 35.5. The van der Waals surface area contributed by atoms with Gasteiger partial charge < -0.3 is 11.1 Å². The van der Waals surface area contributed by atoms with Crippen LogP contribution >= 0.6 is 11.6 Å². The largest absolute Gasteiger partial charge is 0.383 e. The zero-order valence-electron chi connectivity index (χ0n) is 17.1. The van der Waals surface area contributed by atoms with E-state index in [4.69, 9.17) is 17.3 Å². The number of nitrogens with zero attached hydrogens (tertiary/aromatic N) is 4. The van der Waals surface area contributed by atoms with Crippen LogP contribution in [0.2, 0.25) is 5.02 Å².